The fraction of sp³-hybridized carbons (Fsp3) is 0.500. The fourth-order valence-corrected chi connectivity index (χ4v) is 2.17. The molecule has 1 aromatic rings. The number of nitrogens with one attached hydrogen (secondary N) is 3. The highest BCUT2D eigenvalue weighted by molar-refractivity contribution is 5.94. The summed E-state index contributed by atoms with van der Waals surface area (Å²) in [5.41, 5.74) is 0.774. The number of urea groups is 1. The molecule has 0 fully saturated rings. The molecule has 0 aliphatic rings. The molecule has 0 aromatic heterocycles. The molecule has 1 rings (SSSR count). The van der Waals surface area contributed by atoms with Crippen LogP contribution in [0.2, 0.25) is 0 Å². The first-order valence-electron chi connectivity index (χ1n) is 7.74. The van der Waals surface area contributed by atoms with Gasteiger partial charge < -0.3 is 19.7 Å². The van der Waals surface area contributed by atoms with Crippen LogP contribution in [0.4, 0.5) is 13.6 Å². The number of ether oxygens (including phenoxy) is 2. The minimum absolute atomic E-state index is 0.0537. The van der Waals surface area contributed by atoms with E-state index in [1.807, 2.05) is 0 Å². The highest BCUT2D eigenvalue weighted by Crippen LogP contribution is 2.29. The summed E-state index contributed by atoms with van der Waals surface area (Å²) in [6.07, 6.45) is 0. The average Bonchev–Trinajstić information content (AvgIpc) is 2.46. The summed E-state index contributed by atoms with van der Waals surface area (Å²) >= 11 is 0. The van der Waals surface area contributed by atoms with E-state index in [9.17, 15) is 18.4 Å². The summed E-state index contributed by atoms with van der Waals surface area (Å²) in [6.45, 7) is 1.15. The van der Waals surface area contributed by atoms with Gasteiger partial charge in [-0.1, -0.05) is 0 Å². The number of methoxy groups -OCH3 is 1. The Bertz CT molecular complexity index is 597. The number of benzene rings is 1. The van der Waals surface area contributed by atoms with Crippen molar-refractivity contribution in [3.05, 3.63) is 23.8 Å². The summed E-state index contributed by atoms with van der Waals surface area (Å²) < 4.78 is 34.0. The van der Waals surface area contributed by atoms with Crippen molar-refractivity contribution < 1.29 is 32.7 Å². The SMILES string of the molecule is COc1cc(C[NH+](C)CC(=O)NC(=O)NC(C)C)ccc1OC(F)F. The molecule has 0 aliphatic carbocycles. The number of alkyl halides is 2. The Morgan fingerprint density at radius 2 is 1.92 bits per heavy atom. The van der Waals surface area contributed by atoms with Gasteiger partial charge in [-0.3, -0.25) is 10.1 Å². The molecular weight excluding hydrogens is 336 g/mol. The molecule has 9 heteroatoms. The van der Waals surface area contributed by atoms with Crippen molar-refractivity contribution in [2.24, 2.45) is 0 Å². The van der Waals surface area contributed by atoms with Crippen molar-refractivity contribution in [3.8, 4) is 11.5 Å². The molecule has 0 saturated heterocycles. The predicted molar refractivity (Wildman–Crippen MR) is 86.9 cm³/mol. The van der Waals surface area contributed by atoms with Crippen LogP contribution in [0.3, 0.4) is 0 Å². The van der Waals surface area contributed by atoms with Gasteiger partial charge in [-0.25, -0.2) is 4.79 Å². The van der Waals surface area contributed by atoms with Crippen LogP contribution in [0.1, 0.15) is 19.4 Å². The highest BCUT2D eigenvalue weighted by atomic mass is 19.3. The number of halogens is 2. The van der Waals surface area contributed by atoms with E-state index >= 15 is 0 Å². The zero-order chi connectivity index (χ0) is 19.0. The van der Waals surface area contributed by atoms with Crippen molar-refractivity contribution in [1.29, 1.82) is 0 Å². The molecule has 0 bridgehead atoms. The second kappa shape index (κ2) is 9.77. The number of quaternary nitrogens is 1. The number of hydrogen-bond donors (Lipinski definition) is 3. The third-order valence-electron chi connectivity index (χ3n) is 3.09. The van der Waals surface area contributed by atoms with Gasteiger partial charge in [0, 0.05) is 11.6 Å². The summed E-state index contributed by atoms with van der Waals surface area (Å²) in [4.78, 5) is 24.1. The monoisotopic (exact) mass is 360 g/mol. The molecule has 0 saturated carbocycles. The van der Waals surface area contributed by atoms with Crippen LogP contribution in [-0.4, -0.2) is 45.3 Å². The van der Waals surface area contributed by atoms with Gasteiger partial charge in [-0.2, -0.15) is 8.78 Å². The summed E-state index contributed by atoms with van der Waals surface area (Å²) in [6, 6.07) is 3.98. The Labute approximate surface area is 145 Å². The quantitative estimate of drug-likeness (QED) is 0.632. The third kappa shape index (κ3) is 7.79. The van der Waals surface area contributed by atoms with Crippen LogP contribution in [0.25, 0.3) is 0 Å². The number of imide groups is 1. The molecule has 140 valence electrons. The molecule has 1 unspecified atom stereocenters. The van der Waals surface area contributed by atoms with Gasteiger partial charge in [0.25, 0.3) is 5.91 Å². The Balaban J connectivity index is 2.60. The van der Waals surface area contributed by atoms with Crippen molar-refractivity contribution in [1.82, 2.24) is 10.6 Å². The smallest absolute Gasteiger partial charge is 0.387 e. The van der Waals surface area contributed by atoms with Crippen LogP contribution >= 0.6 is 0 Å². The van der Waals surface area contributed by atoms with Crippen LogP contribution in [0, 0.1) is 0 Å². The first kappa shape index (κ1) is 20.6. The predicted octanol–water partition coefficient (Wildman–Crippen LogP) is 0.546. The van der Waals surface area contributed by atoms with Crippen molar-refractivity contribution in [2.75, 3.05) is 20.7 Å². The minimum atomic E-state index is -2.94. The van der Waals surface area contributed by atoms with Gasteiger partial charge in [-0.05, 0) is 32.0 Å². The lowest BCUT2D eigenvalue weighted by Gasteiger charge is -2.16. The summed E-state index contributed by atoms with van der Waals surface area (Å²) in [5, 5.41) is 4.80. The molecule has 0 heterocycles. The molecule has 3 N–H and O–H groups in total. The standard InChI is InChI=1S/C16H23F2N3O4/c1-10(2)19-16(23)20-14(22)9-21(3)8-11-5-6-12(25-15(17)18)13(7-11)24-4/h5-7,10,15H,8-9H2,1-4H3,(H2,19,20,22,23)/p+1. The zero-order valence-electron chi connectivity index (χ0n) is 14.7. The molecule has 25 heavy (non-hydrogen) atoms. The number of amides is 3. The lowest BCUT2D eigenvalue weighted by molar-refractivity contribution is -0.885. The molecular formula is C16H24F2N3O4+. The van der Waals surface area contributed by atoms with E-state index in [2.05, 4.69) is 15.4 Å². The Morgan fingerprint density at radius 3 is 2.48 bits per heavy atom. The maximum atomic E-state index is 12.3. The van der Waals surface area contributed by atoms with Gasteiger partial charge >= 0.3 is 12.6 Å². The van der Waals surface area contributed by atoms with E-state index in [0.29, 0.717) is 6.54 Å². The molecule has 1 atom stereocenters. The van der Waals surface area contributed by atoms with E-state index < -0.39 is 18.5 Å². The maximum Gasteiger partial charge on any atom is 0.387 e. The Hall–Kier alpha value is -2.42. The van der Waals surface area contributed by atoms with Crippen LogP contribution in [0.5, 0.6) is 11.5 Å². The van der Waals surface area contributed by atoms with Gasteiger partial charge in [0.2, 0.25) is 0 Å². The van der Waals surface area contributed by atoms with Crippen LogP contribution < -0.4 is 25.0 Å². The molecule has 0 spiro atoms. The van der Waals surface area contributed by atoms with Crippen molar-refractivity contribution in [3.63, 3.8) is 0 Å². The number of carbonyl (C=O) groups is 2. The lowest BCUT2D eigenvalue weighted by atomic mass is 10.2. The average molecular weight is 360 g/mol. The topological polar surface area (TPSA) is 81.1 Å². The molecule has 1 aromatic carbocycles. The highest BCUT2D eigenvalue weighted by Gasteiger charge is 2.16. The number of carbonyl (C=O) groups excluding carboxylic acids is 2. The Morgan fingerprint density at radius 1 is 1.24 bits per heavy atom. The fourth-order valence-electron chi connectivity index (χ4n) is 2.17. The molecule has 0 aliphatic heterocycles. The van der Waals surface area contributed by atoms with Gasteiger partial charge in [0.15, 0.2) is 18.0 Å². The molecule has 7 nitrogen and oxygen atoms in total. The minimum Gasteiger partial charge on any atom is -0.493 e. The number of hydrogen-bond acceptors (Lipinski definition) is 4. The third-order valence-corrected chi connectivity index (χ3v) is 3.09. The summed E-state index contributed by atoms with van der Waals surface area (Å²) in [5.74, 6) is -0.284. The second-order valence-electron chi connectivity index (χ2n) is 5.85. The van der Waals surface area contributed by atoms with Gasteiger partial charge in [-0.15, -0.1) is 0 Å². The van der Waals surface area contributed by atoms with E-state index in [1.165, 1.54) is 13.2 Å². The second-order valence-corrected chi connectivity index (χ2v) is 5.85. The van der Waals surface area contributed by atoms with E-state index in [0.717, 1.165) is 10.5 Å². The number of rotatable bonds is 8. The maximum absolute atomic E-state index is 12.3. The van der Waals surface area contributed by atoms with Crippen LogP contribution in [-0.2, 0) is 11.3 Å². The Kier molecular flexibility index (Phi) is 8.06. The van der Waals surface area contributed by atoms with Crippen molar-refractivity contribution in [2.45, 2.75) is 33.0 Å². The van der Waals surface area contributed by atoms with Crippen molar-refractivity contribution >= 4 is 11.9 Å². The van der Waals surface area contributed by atoms with Gasteiger partial charge in [0.05, 0.1) is 14.2 Å². The van der Waals surface area contributed by atoms with E-state index in [4.69, 9.17) is 4.74 Å². The number of likely N-dealkylation sites (N-methyl/N-ethyl adjacent to an activating group) is 1. The first-order chi connectivity index (χ1) is 11.7. The van der Waals surface area contributed by atoms with E-state index in [-0.39, 0.29) is 24.1 Å². The zero-order valence-corrected chi connectivity index (χ0v) is 14.7. The van der Waals surface area contributed by atoms with Crippen LogP contribution in [0.15, 0.2) is 18.2 Å². The molecule has 3 amide bonds. The normalized spacial score (nSPS) is 12.0. The van der Waals surface area contributed by atoms with E-state index in [1.54, 1.807) is 33.0 Å². The molecule has 0 radical (unpaired) electrons. The first-order valence-corrected chi connectivity index (χ1v) is 7.74. The largest absolute Gasteiger partial charge is 0.493 e. The summed E-state index contributed by atoms with van der Waals surface area (Å²) in [7, 11) is 3.13. The van der Waals surface area contributed by atoms with Gasteiger partial charge in [0.1, 0.15) is 6.54 Å². The lowest BCUT2D eigenvalue weighted by Crippen LogP contribution is -3.09.